The highest BCUT2D eigenvalue weighted by Crippen LogP contribution is 2.34. The molecule has 0 radical (unpaired) electrons. The fourth-order valence-corrected chi connectivity index (χ4v) is 2.70. The fraction of sp³-hybridized carbons (Fsp3) is 0.188. The van der Waals surface area contributed by atoms with Crippen molar-refractivity contribution in [1.82, 2.24) is 5.32 Å². The molecule has 1 heterocycles. The zero-order valence-electron chi connectivity index (χ0n) is 11.8. The number of carbonyl (C=O) groups excluding carboxylic acids is 1. The van der Waals surface area contributed by atoms with Gasteiger partial charge in [-0.3, -0.25) is 4.79 Å². The molecule has 1 aromatic heterocycles. The van der Waals surface area contributed by atoms with Gasteiger partial charge in [-0.15, -0.1) is 11.3 Å². The summed E-state index contributed by atoms with van der Waals surface area (Å²) in [6.07, 6.45) is -4.38. The highest BCUT2D eigenvalue weighted by Gasteiger charge is 2.30. The lowest BCUT2D eigenvalue weighted by molar-refractivity contribution is -0.137. The molecule has 0 fully saturated rings. The number of halogens is 3. The van der Waals surface area contributed by atoms with Crippen molar-refractivity contribution in [2.45, 2.75) is 13.1 Å². The third-order valence-corrected chi connectivity index (χ3v) is 3.99. The Hall–Kier alpha value is -2.08. The molecule has 6 heteroatoms. The number of hydrogen-bond acceptors (Lipinski definition) is 2. The zero-order chi connectivity index (χ0) is 16.3. The molecule has 1 N–H and O–H groups in total. The maximum Gasteiger partial charge on any atom is 0.416 e. The van der Waals surface area contributed by atoms with Crippen LogP contribution in [0.2, 0.25) is 0 Å². The molecule has 0 spiro atoms. The van der Waals surface area contributed by atoms with Crippen LogP contribution in [0.3, 0.4) is 0 Å². The van der Waals surface area contributed by atoms with E-state index in [-0.39, 0.29) is 5.91 Å². The second-order valence-corrected chi connectivity index (χ2v) is 5.97. The molecule has 0 unspecified atom stereocenters. The smallest absolute Gasteiger partial charge is 0.348 e. The molecule has 2 aromatic rings. The molecule has 0 saturated heterocycles. The van der Waals surface area contributed by atoms with E-state index in [0.29, 0.717) is 21.9 Å². The van der Waals surface area contributed by atoms with Gasteiger partial charge in [0.1, 0.15) is 0 Å². The molecule has 1 amide bonds. The number of alkyl halides is 3. The van der Waals surface area contributed by atoms with Gasteiger partial charge >= 0.3 is 6.18 Å². The number of amides is 1. The summed E-state index contributed by atoms with van der Waals surface area (Å²) in [4.78, 5) is 13.0. The number of benzene rings is 1. The maximum atomic E-state index is 12.7. The van der Waals surface area contributed by atoms with E-state index in [9.17, 15) is 18.0 Å². The van der Waals surface area contributed by atoms with Crippen molar-refractivity contribution in [3.63, 3.8) is 0 Å². The Labute approximate surface area is 130 Å². The minimum absolute atomic E-state index is 0.258. The fourth-order valence-electron chi connectivity index (χ4n) is 1.78. The van der Waals surface area contributed by atoms with Gasteiger partial charge in [0.15, 0.2) is 0 Å². The summed E-state index contributed by atoms with van der Waals surface area (Å²) in [5.41, 5.74) is 0.563. The van der Waals surface area contributed by atoms with E-state index in [0.717, 1.165) is 29.0 Å². The van der Waals surface area contributed by atoms with E-state index in [2.05, 4.69) is 11.9 Å². The first-order valence-corrected chi connectivity index (χ1v) is 7.29. The Morgan fingerprint density at radius 1 is 1.27 bits per heavy atom. The van der Waals surface area contributed by atoms with Crippen LogP contribution in [0.25, 0.3) is 10.4 Å². The van der Waals surface area contributed by atoms with Gasteiger partial charge in [-0.1, -0.05) is 24.3 Å². The Morgan fingerprint density at radius 3 is 2.64 bits per heavy atom. The molecule has 0 aliphatic rings. The average molecular weight is 325 g/mol. The lowest BCUT2D eigenvalue weighted by Crippen LogP contribution is -2.23. The van der Waals surface area contributed by atoms with Crippen molar-refractivity contribution in [1.29, 1.82) is 0 Å². The topological polar surface area (TPSA) is 29.1 Å². The van der Waals surface area contributed by atoms with Crippen molar-refractivity contribution in [3.05, 3.63) is 59.0 Å². The first-order valence-electron chi connectivity index (χ1n) is 6.47. The summed E-state index contributed by atoms with van der Waals surface area (Å²) < 4.78 is 38.2. The van der Waals surface area contributed by atoms with E-state index in [4.69, 9.17) is 0 Å². The highest BCUT2D eigenvalue weighted by molar-refractivity contribution is 7.17. The van der Waals surface area contributed by atoms with Gasteiger partial charge in [0.25, 0.3) is 5.91 Å². The largest absolute Gasteiger partial charge is 0.416 e. The van der Waals surface area contributed by atoms with Gasteiger partial charge < -0.3 is 5.32 Å². The number of carbonyl (C=O) groups is 1. The Bertz CT molecular complexity index is 703. The standard InChI is InChI=1S/C16H14F3NOS/c1-10(2)9-20-15(21)14-7-6-13(22-14)11-4-3-5-12(8-11)16(17,18)19/h3-8H,1,9H2,2H3,(H,20,21). The molecule has 22 heavy (non-hydrogen) atoms. The quantitative estimate of drug-likeness (QED) is 0.808. The lowest BCUT2D eigenvalue weighted by atomic mass is 10.1. The van der Waals surface area contributed by atoms with Crippen LogP contribution in [0, 0.1) is 0 Å². The Kier molecular flexibility index (Phi) is 4.71. The third kappa shape index (κ3) is 3.98. The molecule has 2 rings (SSSR count). The molecular weight excluding hydrogens is 311 g/mol. The van der Waals surface area contributed by atoms with Crippen molar-refractivity contribution < 1.29 is 18.0 Å². The minimum Gasteiger partial charge on any atom is -0.348 e. The van der Waals surface area contributed by atoms with Crippen LogP contribution in [0.5, 0.6) is 0 Å². The van der Waals surface area contributed by atoms with Crippen LogP contribution in [0.4, 0.5) is 13.2 Å². The molecule has 0 aliphatic carbocycles. The van der Waals surface area contributed by atoms with Crippen molar-refractivity contribution in [3.8, 4) is 10.4 Å². The molecule has 0 saturated carbocycles. The minimum atomic E-state index is -4.38. The SMILES string of the molecule is C=C(C)CNC(=O)c1ccc(-c2cccc(C(F)(F)F)c2)s1. The van der Waals surface area contributed by atoms with E-state index in [1.165, 1.54) is 6.07 Å². The van der Waals surface area contributed by atoms with Crippen molar-refractivity contribution in [2.75, 3.05) is 6.54 Å². The van der Waals surface area contributed by atoms with Crippen LogP contribution >= 0.6 is 11.3 Å². The monoisotopic (exact) mass is 325 g/mol. The summed E-state index contributed by atoms with van der Waals surface area (Å²) in [5.74, 6) is -0.258. The van der Waals surface area contributed by atoms with Gasteiger partial charge in [0.05, 0.1) is 10.4 Å². The number of rotatable bonds is 4. The van der Waals surface area contributed by atoms with Gasteiger partial charge in [-0.25, -0.2) is 0 Å². The molecule has 2 nitrogen and oxygen atoms in total. The predicted octanol–water partition coefficient (Wildman–Crippen LogP) is 4.74. The van der Waals surface area contributed by atoms with Gasteiger partial charge in [-0.05, 0) is 36.8 Å². The highest BCUT2D eigenvalue weighted by atomic mass is 32.1. The Balaban J connectivity index is 2.21. The molecule has 0 atom stereocenters. The van der Waals surface area contributed by atoms with Crippen molar-refractivity contribution >= 4 is 17.2 Å². The van der Waals surface area contributed by atoms with E-state index < -0.39 is 11.7 Å². The lowest BCUT2D eigenvalue weighted by Gasteiger charge is -2.07. The second-order valence-electron chi connectivity index (χ2n) is 4.88. The van der Waals surface area contributed by atoms with Crippen LogP contribution in [-0.4, -0.2) is 12.5 Å². The number of thiophene rings is 1. The zero-order valence-corrected chi connectivity index (χ0v) is 12.6. The second kappa shape index (κ2) is 6.36. The van der Waals surface area contributed by atoms with E-state index in [1.807, 2.05) is 0 Å². The van der Waals surface area contributed by atoms with E-state index >= 15 is 0 Å². The molecule has 0 aliphatic heterocycles. The number of nitrogens with one attached hydrogen (secondary N) is 1. The Morgan fingerprint density at radius 2 is 2.00 bits per heavy atom. The van der Waals surface area contributed by atoms with Gasteiger partial charge in [0, 0.05) is 11.4 Å². The van der Waals surface area contributed by atoms with Crippen LogP contribution in [0.15, 0.2) is 48.6 Å². The summed E-state index contributed by atoms with van der Waals surface area (Å²) in [7, 11) is 0. The predicted molar refractivity (Wildman–Crippen MR) is 81.9 cm³/mol. The van der Waals surface area contributed by atoms with Crippen molar-refractivity contribution in [2.24, 2.45) is 0 Å². The number of hydrogen-bond donors (Lipinski definition) is 1. The van der Waals surface area contributed by atoms with Gasteiger partial charge in [0.2, 0.25) is 0 Å². The first kappa shape index (κ1) is 16.3. The first-order chi connectivity index (χ1) is 10.3. The van der Waals surface area contributed by atoms with Crippen LogP contribution < -0.4 is 5.32 Å². The maximum absolute atomic E-state index is 12.7. The summed E-state index contributed by atoms with van der Waals surface area (Å²) in [6, 6.07) is 8.32. The van der Waals surface area contributed by atoms with Crippen LogP contribution in [0.1, 0.15) is 22.2 Å². The van der Waals surface area contributed by atoms with Gasteiger partial charge in [-0.2, -0.15) is 13.2 Å². The molecular formula is C16H14F3NOS. The van der Waals surface area contributed by atoms with E-state index in [1.54, 1.807) is 25.1 Å². The summed E-state index contributed by atoms with van der Waals surface area (Å²) in [6.45, 7) is 5.85. The van der Waals surface area contributed by atoms with Crippen LogP contribution in [-0.2, 0) is 6.18 Å². The summed E-state index contributed by atoms with van der Waals surface area (Å²) in [5, 5.41) is 2.69. The normalized spacial score (nSPS) is 11.3. The molecule has 0 bridgehead atoms. The third-order valence-electron chi connectivity index (χ3n) is 2.85. The molecule has 116 valence electrons. The molecule has 1 aromatic carbocycles. The average Bonchev–Trinajstić information content (AvgIpc) is 2.94. The summed E-state index contributed by atoms with van der Waals surface area (Å²) >= 11 is 1.16.